The van der Waals surface area contributed by atoms with E-state index in [0.29, 0.717) is 0 Å². The van der Waals surface area contributed by atoms with Crippen LogP contribution in [0.3, 0.4) is 0 Å². The number of nitrogens with zero attached hydrogens (tertiary/aromatic N) is 3. The van der Waals surface area contributed by atoms with E-state index in [4.69, 9.17) is 0 Å². The van der Waals surface area contributed by atoms with Gasteiger partial charge in [0, 0.05) is 42.8 Å². The zero-order valence-corrected chi connectivity index (χ0v) is 15.9. The Hall–Kier alpha value is -2.03. The summed E-state index contributed by atoms with van der Waals surface area (Å²) < 4.78 is 29.6. The van der Waals surface area contributed by atoms with Crippen molar-refractivity contribution in [2.75, 3.05) is 0 Å². The number of sulfonamides is 1. The Morgan fingerprint density at radius 1 is 1.32 bits per heavy atom. The van der Waals surface area contributed by atoms with E-state index in [0.717, 1.165) is 22.6 Å². The van der Waals surface area contributed by atoms with Crippen LogP contribution < -0.4 is 4.72 Å². The minimum absolute atomic E-state index is 0.0414. The van der Waals surface area contributed by atoms with Crippen LogP contribution in [0.25, 0.3) is 11.3 Å². The largest absolute Gasteiger partial charge is 0.336 e. The smallest absolute Gasteiger partial charge is 0.259 e. The summed E-state index contributed by atoms with van der Waals surface area (Å²) >= 11 is 1.58. The van der Waals surface area contributed by atoms with Gasteiger partial charge in [-0.05, 0) is 23.1 Å². The Labute approximate surface area is 151 Å². The fourth-order valence-electron chi connectivity index (χ4n) is 2.61. The van der Waals surface area contributed by atoms with Gasteiger partial charge in [0.25, 0.3) is 10.0 Å². The summed E-state index contributed by atoms with van der Waals surface area (Å²) in [6.07, 6.45) is 3.25. The van der Waals surface area contributed by atoms with Gasteiger partial charge in [0.15, 0.2) is 5.03 Å². The van der Waals surface area contributed by atoms with Crippen LogP contribution in [0, 0.1) is 0 Å². The van der Waals surface area contributed by atoms with Crippen molar-refractivity contribution in [2.24, 2.45) is 7.05 Å². The molecule has 0 aliphatic heterocycles. The molecule has 0 atom stereocenters. The van der Waals surface area contributed by atoms with Gasteiger partial charge in [-0.15, -0.1) is 0 Å². The molecule has 3 heterocycles. The number of hydrogen-bond donors (Lipinski definition) is 1. The lowest BCUT2D eigenvalue weighted by Gasteiger charge is -2.08. The van der Waals surface area contributed by atoms with E-state index in [2.05, 4.69) is 14.7 Å². The van der Waals surface area contributed by atoms with Gasteiger partial charge in [0.2, 0.25) is 0 Å². The molecule has 0 saturated heterocycles. The molecule has 0 radical (unpaired) electrons. The normalized spacial score (nSPS) is 12.0. The Morgan fingerprint density at radius 2 is 2.12 bits per heavy atom. The highest BCUT2D eigenvalue weighted by atomic mass is 32.2. The predicted octanol–water partition coefficient (Wildman–Crippen LogP) is 3.15. The summed E-state index contributed by atoms with van der Waals surface area (Å²) in [5.74, 6) is 0.887. The van der Waals surface area contributed by atoms with E-state index < -0.39 is 10.0 Å². The number of aryl methyl sites for hydroxylation is 1. The van der Waals surface area contributed by atoms with E-state index >= 15 is 0 Å². The molecule has 132 valence electrons. The minimum Gasteiger partial charge on any atom is -0.336 e. The molecule has 25 heavy (non-hydrogen) atoms. The van der Waals surface area contributed by atoms with Crippen molar-refractivity contribution in [1.82, 2.24) is 19.3 Å². The molecule has 1 N–H and O–H groups in total. The fraction of sp³-hybridized carbons (Fsp3) is 0.294. The summed E-state index contributed by atoms with van der Waals surface area (Å²) in [6, 6.07) is 5.65. The zero-order chi connectivity index (χ0) is 18.0. The van der Waals surface area contributed by atoms with Crippen LogP contribution >= 0.6 is 11.3 Å². The van der Waals surface area contributed by atoms with Gasteiger partial charge in [0.05, 0.1) is 5.69 Å². The van der Waals surface area contributed by atoms with Gasteiger partial charge >= 0.3 is 0 Å². The summed E-state index contributed by atoms with van der Waals surface area (Å²) in [5, 5.41) is 4.01. The van der Waals surface area contributed by atoms with Gasteiger partial charge in [0.1, 0.15) is 5.82 Å². The van der Waals surface area contributed by atoms with E-state index in [9.17, 15) is 8.42 Å². The maximum absolute atomic E-state index is 12.6. The molecule has 0 unspecified atom stereocenters. The van der Waals surface area contributed by atoms with Crippen molar-refractivity contribution in [3.05, 3.63) is 52.7 Å². The molecule has 0 fully saturated rings. The molecule has 0 amide bonds. The van der Waals surface area contributed by atoms with Crippen LogP contribution in [0.1, 0.15) is 31.2 Å². The number of thiophene rings is 1. The molecular formula is C17H20N4O2S2. The third kappa shape index (κ3) is 3.81. The van der Waals surface area contributed by atoms with Crippen LogP contribution in [0.2, 0.25) is 0 Å². The number of nitrogens with one attached hydrogen (secondary N) is 1. The molecule has 0 aliphatic rings. The summed E-state index contributed by atoms with van der Waals surface area (Å²) in [4.78, 5) is 8.65. The van der Waals surface area contributed by atoms with Gasteiger partial charge in [-0.1, -0.05) is 19.9 Å². The van der Waals surface area contributed by atoms with E-state index in [1.165, 1.54) is 0 Å². The van der Waals surface area contributed by atoms with Crippen molar-refractivity contribution >= 4 is 21.4 Å². The Balaban J connectivity index is 1.83. The quantitative estimate of drug-likeness (QED) is 0.717. The first-order valence-corrected chi connectivity index (χ1v) is 10.3. The Bertz CT molecular complexity index is 960. The Morgan fingerprint density at radius 3 is 2.76 bits per heavy atom. The maximum Gasteiger partial charge on any atom is 0.259 e. The number of rotatable bonds is 6. The first-order chi connectivity index (χ1) is 11.9. The van der Waals surface area contributed by atoms with E-state index in [-0.39, 0.29) is 17.5 Å². The van der Waals surface area contributed by atoms with E-state index in [1.807, 2.05) is 36.7 Å². The lowest BCUT2D eigenvalue weighted by atomic mass is 10.1. The molecule has 0 aromatic carbocycles. The number of imidazole rings is 1. The van der Waals surface area contributed by atoms with Crippen LogP contribution in [0.5, 0.6) is 0 Å². The molecule has 0 aliphatic carbocycles. The number of hydrogen-bond acceptors (Lipinski definition) is 5. The molecule has 8 heteroatoms. The monoisotopic (exact) mass is 376 g/mol. The number of aromatic nitrogens is 3. The highest BCUT2D eigenvalue weighted by Crippen LogP contribution is 2.24. The first kappa shape index (κ1) is 17.8. The minimum atomic E-state index is -3.69. The van der Waals surface area contributed by atoms with Gasteiger partial charge in [-0.25, -0.2) is 18.1 Å². The van der Waals surface area contributed by atoms with Crippen molar-refractivity contribution in [2.45, 2.75) is 31.3 Å². The van der Waals surface area contributed by atoms with Gasteiger partial charge in [-0.2, -0.15) is 11.3 Å². The Kier molecular flexibility index (Phi) is 5.03. The second-order valence-electron chi connectivity index (χ2n) is 6.05. The van der Waals surface area contributed by atoms with Crippen molar-refractivity contribution in [1.29, 1.82) is 0 Å². The zero-order valence-electron chi connectivity index (χ0n) is 14.3. The van der Waals surface area contributed by atoms with Crippen LogP contribution in [-0.2, 0) is 23.6 Å². The number of pyridine rings is 1. The third-order valence-electron chi connectivity index (χ3n) is 3.82. The molecular weight excluding hydrogens is 356 g/mol. The SMILES string of the molecule is CC(C)c1nc(S(=O)(=O)NCc2cccnc2-c2ccsc2)cn1C. The predicted molar refractivity (Wildman–Crippen MR) is 98.9 cm³/mol. The van der Waals surface area contributed by atoms with Gasteiger partial charge < -0.3 is 4.57 Å². The van der Waals surface area contributed by atoms with Crippen molar-refractivity contribution in [3.8, 4) is 11.3 Å². The second kappa shape index (κ2) is 7.07. The molecule has 6 nitrogen and oxygen atoms in total. The molecule has 3 aromatic rings. The van der Waals surface area contributed by atoms with E-state index in [1.54, 1.807) is 41.4 Å². The summed E-state index contributed by atoms with van der Waals surface area (Å²) in [5.41, 5.74) is 2.60. The average Bonchev–Trinajstić information content (AvgIpc) is 3.23. The lowest BCUT2D eigenvalue weighted by Crippen LogP contribution is -2.24. The molecule has 3 rings (SSSR count). The molecule has 3 aromatic heterocycles. The second-order valence-corrected chi connectivity index (χ2v) is 8.54. The van der Waals surface area contributed by atoms with Crippen LogP contribution in [0.4, 0.5) is 0 Å². The maximum atomic E-state index is 12.6. The van der Waals surface area contributed by atoms with Crippen LogP contribution in [-0.4, -0.2) is 23.0 Å². The highest BCUT2D eigenvalue weighted by Gasteiger charge is 2.21. The molecule has 0 bridgehead atoms. The van der Waals surface area contributed by atoms with Gasteiger partial charge in [-0.3, -0.25) is 4.98 Å². The standard InChI is InChI=1S/C17H20N4O2S2/c1-12(2)17-20-15(10-21(17)3)25(22,23)19-9-13-5-4-7-18-16(13)14-6-8-24-11-14/h4-8,10-12,19H,9H2,1-3H3. The van der Waals surface area contributed by atoms with Crippen molar-refractivity contribution < 1.29 is 8.42 Å². The lowest BCUT2D eigenvalue weighted by molar-refractivity contribution is 0.577. The molecule has 0 saturated carbocycles. The third-order valence-corrected chi connectivity index (χ3v) is 5.78. The van der Waals surface area contributed by atoms with Crippen molar-refractivity contribution in [3.63, 3.8) is 0 Å². The average molecular weight is 377 g/mol. The fourth-order valence-corrected chi connectivity index (χ4v) is 4.25. The topological polar surface area (TPSA) is 76.9 Å². The van der Waals surface area contributed by atoms with Crippen LogP contribution in [0.15, 0.2) is 46.4 Å². The highest BCUT2D eigenvalue weighted by molar-refractivity contribution is 7.89. The first-order valence-electron chi connectivity index (χ1n) is 7.88. The summed E-state index contributed by atoms with van der Waals surface area (Å²) in [6.45, 7) is 4.12. The molecule has 0 spiro atoms. The summed E-state index contributed by atoms with van der Waals surface area (Å²) in [7, 11) is -1.88.